The van der Waals surface area contributed by atoms with E-state index in [-0.39, 0.29) is 16.8 Å². The van der Waals surface area contributed by atoms with Crippen molar-refractivity contribution in [1.82, 2.24) is 20.1 Å². The van der Waals surface area contributed by atoms with E-state index in [1.165, 1.54) is 24.8 Å². The molecule has 0 aromatic carbocycles. The van der Waals surface area contributed by atoms with Gasteiger partial charge in [-0.25, -0.2) is 9.28 Å². The summed E-state index contributed by atoms with van der Waals surface area (Å²) in [7, 11) is 0. The Hall–Kier alpha value is -2.26. The number of rotatable bonds is 5. The van der Waals surface area contributed by atoms with Crippen LogP contribution in [0.5, 0.6) is 0 Å². The third kappa shape index (κ3) is 3.22. The molecule has 9 heteroatoms. The number of hydrogen-bond donors (Lipinski definition) is 2. The number of aromatic nitrogens is 1. The van der Waals surface area contributed by atoms with Crippen LogP contribution in [-0.4, -0.2) is 48.0 Å². The zero-order valence-electron chi connectivity index (χ0n) is 15.6. The lowest BCUT2D eigenvalue weighted by Crippen LogP contribution is -2.61. The number of carbonyl (C=O) groups is 2. The van der Waals surface area contributed by atoms with E-state index in [0.29, 0.717) is 18.7 Å². The summed E-state index contributed by atoms with van der Waals surface area (Å²) in [6, 6.07) is -0.565. The Morgan fingerprint density at radius 1 is 1.50 bits per heavy atom. The van der Waals surface area contributed by atoms with Gasteiger partial charge in [-0.2, -0.15) is 9.37 Å². The Balaban J connectivity index is 1.66. The Morgan fingerprint density at radius 3 is 2.96 bits per heavy atom. The zero-order chi connectivity index (χ0) is 19.8. The van der Waals surface area contributed by atoms with Gasteiger partial charge >= 0.3 is 6.09 Å². The average molecular weight is 406 g/mol. The SMILES string of the molecule is CC(=O)N[CH][C@@H]1OC(=O)NC1C1=C[C@](F)([N+]2(c3nccs3)CCCC2)CC=C1. The van der Waals surface area contributed by atoms with Crippen LogP contribution >= 0.6 is 11.3 Å². The minimum Gasteiger partial charge on any atom is -0.441 e. The Bertz CT molecular complexity index is 819. The number of nitrogens with zero attached hydrogens (tertiary/aromatic N) is 2. The highest BCUT2D eigenvalue weighted by molar-refractivity contribution is 7.13. The fraction of sp³-hybridized carbons (Fsp3) is 0.474. The number of thiazole rings is 1. The number of alkyl halides is 1. The topological polar surface area (TPSA) is 80.3 Å². The van der Waals surface area contributed by atoms with E-state index in [2.05, 4.69) is 15.6 Å². The van der Waals surface area contributed by atoms with Gasteiger partial charge in [-0.05, 0) is 5.57 Å². The summed E-state index contributed by atoms with van der Waals surface area (Å²) in [5.41, 5.74) is 0.632. The molecule has 3 aliphatic rings. The molecule has 0 spiro atoms. The third-order valence-corrected chi connectivity index (χ3v) is 6.51. The van der Waals surface area contributed by atoms with Crippen LogP contribution in [-0.2, 0) is 9.53 Å². The van der Waals surface area contributed by atoms with Crippen molar-refractivity contribution in [2.24, 2.45) is 0 Å². The van der Waals surface area contributed by atoms with Crippen LogP contribution in [0.1, 0.15) is 26.2 Å². The van der Waals surface area contributed by atoms with Crippen LogP contribution in [0.2, 0.25) is 0 Å². The van der Waals surface area contributed by atoms with Crippen LogP contribution < -0.4 is 15.1 Å². The number of hydrogen-bond acceptors (Lipinski definition) is 5. The van der Waals surface area contributed by atoms with E-state index in [4.69, 9.17) is 4.74 Å². The summed E-state index contributed by atoms with van der Waals surface area (Å²) >= 11 is 1.48. The number of amides is 2. The van der Waals surface area contributed by atoms with Crippen LogP contribution in [0.15, 0.2) is 35.4 Å². The maximum absolute atomic E-state index is 16.5. The van der Waals surface area contributed by atoms with Crippen molar-refractivity contribution in [3.8, 4) is 0 Å². The molecule has 1 aliphatic carbocycles. The molecule has 28 heavy (non-hydrogen) atoms. The first-order valence-electron chi connectivity index (χ1n) is 9.37. The maximum Gasteiger partial charge on any atom is 0.408 e. The summed E-state index contributed by atoms with van der Waals surface area (Å²) in [5, 5.41) is 7.92. The average Bonchev–Trinajstić information content (AvgIpc) is 3.40. The first kappa shape index (κ1) is 19.1. The molecule has 1 radical (unpaired) electrons. The molecule has 1 unspecified atom stereocenters. The van der Waals surface area contributed by atoms with Crippen LogP contribution in [0.4, 0.5) is 14.3 Å². The van der Waals surface area contributed by atoms with Gasteiger partial charge in [-0.15, -0.1) is 0 Å². The molecule has 0 bridgehead atoms. The maximum atomic E-state index is 16.5. The van der Waals surface area contributed by atoms with Crippen molar-refractivity contribution < 1.29 is 18.7 Å². The summed E-state index contributed by atoms with van der Waals surface area (Å²) in [4.78, 5) is 27.4. The molecule has 7 nitrogen and oxygen atoms in total. The van der Waals surface area contributed by atoms with Gasteiger partial charge in [0.25, 0.3) is 10.9 Å². The second-order valence-electron chi connectivity index (χ2n) is 7.37. The van der Waals surface area contributed by atoms with Crippen molar-refractivity contribution in [3.63, 3.8) is 0 Å². The summed E-state index contributed by atoms with van der Waals surface area (Å²) < 4.78 is 21.9. The molecule has 2 saturated heterocycles. The van der Waals surface area contributed by atoms with Crippen molar-refractivity contribution in [3.05, 3.63) is 41.9 Å². The molecule has 3 atom stereocenters. The molecule has 149 valence electrons. The smallest absolute Gasteiger partial charge is 0.408 e. The molecule has 2 amide bonds. The molecule has 1 aromatic heterocycles. The molecule has 4 rings (SSSR count). The molecule has 3 heterocycles. The highest BCUT2D eigenvalue weighted by Crippen LogP contribution is 2.45. The zero-order valence-corrected chi connectivity index (χ0v) is 16.4. The second kappa shape index (κ2) is 7.29. The lowest BCUT2D eigenvalue weighted by atomic mass is 9.91. The summed E-state index contributed by atoms with van der Waals surface area (Å²) in [5.74, 6) is -1.91. The minimum atomic E-state index is -1.65. The van der Waals surface area contributed by atoms with E-state index < -0.39 is 24.0 Å². The number of likely N-dealkylation sites (tertiary alicyclic amines) is 1. The molecule has 2 fully saturated rings. The highest BCUT2D eigenvalue weighted by Gasteiger charge is 2.56. The van der Waals surface area contributed by atoms with Crippen molar-refractivity contribution >= 4 is 28.5 Å². The predicted molar refractivity (Wildman–Crippen MR) is 104 cm³/mol. The number of alkyl carbamates (subject to hydrolysis) is 1. The monoisotopic (exact) mass is 406 g/mol. The normalized spacial score (nSPS) is 31.2. The van der Waals surface area contributed by atoms with Crippen molar-refractivity contribution in [2.75, 3.05) is 13.1 Å². The molecule has 2 aliphatic heterocycles. The van der Waals surface area contributed by atoms with Gasteiger partial charge in [0.15, 0.2) is 6.10 Å². The number of nitrogens with one attached hydrogen (secondary N) is 2. The Labute approximate surface area is 166 Å². The van der Waals surface area contributed by atoms with Crippen LogP contribution in [0.25, 0.3) is 0 Å². The van der Waals surface area contributed by atoms with Gasteiger partial charge in [0, 0.05) is 37.4 Å². The molecular formula is C19H23FN4O3S+. The summed E-state index contributed by atoms with van der Waals surface area (Å²) in [6.07, 6.45) is 7.80. The number of carbonyl (C=O) groups excluding carboxylic acids is 2. The third-order valence-electron chi connectivity index (χ3n) is 5.58. The van der Waals surface area contributed by atoms with Crippen molar-refractivity contribution in [2.45, 2.75) is 44.1 Å². The second-order valence-corrected chi connectivity index (χ2v) is 8.24. The van der Waals surface area contributed by atoms with E-state index in [1.807, 2.05) is 11.5 Å². The van der Waals surface area contributed by atoms with Crippen LogP contribution in [0.3, 0.4) is 0 Å². The molecule has 0 saturated carbocycles. The van der Waals surface area contributed by atoms with Gasteiger partial charge < -0.3 is 15.4 Å². The van der Waals surface area contributed by atoms with Gasteiger partial charge in [0.2, 0.25) is 5.91 Å². The van der Waals surface area contributed by atoms with Crippen LogP contribution in [0, 0.1) is 6.54 Å². The van der Waals surface area contributed by atoms with Gasteiger partial charge in [0.05, 0.1) is 32.1 Å². The number of ether oxygens (including phenoxy) is 1. The lowest BCUT2D eigenvalue weighted by Gasteiger charge is -2.43. The first-order valence-corrected chi connectivity index (χ1v) is 10.2. The fourth-order valence-electron chi connectivity index (χ4n) is 4.28. The molecular weight excluding hydrogens is 383 g/mol. The fourth-order valence-corrected chi connectivity index (χ4v) is 5.18. The Morgan fingerprint density at radius 2 is 2.29 bits per heavy atom. The Kier molecular flexibility index (Phi) is 4.96. The first-order chi connectivity index (χ1) is 13.4. The number of halogens is 1. The van der Waals surface area contributed by atoms with Gasteiger partial charge in [-0.1, -0.05) is 23.5 Å². The van der Waals surface area contributed by atoms with E-state index >= 15 is 4.39 Å². The van der Waals surface area contributed by atoms with E-state index in [1.54, 1.807) is 18.3 Å². The minimum absolute atomic E-state index is 0.181. The van der Waals surface area contributed by atoms with E-state index in [9.17, 15) is 9.59 Å². The highest BCUT2D eigenvalue weighted by atomic mass is 32.1. The van der Waals surface area contributed by atoms with Gasteiger partial charge in [-0.3, -0.25) is 4.79 Å². The lowest BCUT2D eigenvalue weighted by molar-refractivity contribution is -0.118. The van der Waals surface area contributed by atoms with E-state index in [0.717, 1.165) is 18.0 Å². The number of cyclic esters (lactones) is 1. The molecule has 1 aromatic rings. The number of quaternary nitrogens is 1. The van der Waals surface area contributed by atoms with Crippen molar-refractivity contribution in [1.29, 1.82) is 0 Å². The standard InChI is InChI=1S/C19H22FN4O3S/c1-13(25)22-12-15-16(23-18(26)27-15)14-5-4-6-19(20,11-14)24(8-2-3-9-24)17-21-7-10-28-17/h4-5,7,10-12,15-16H,2-3,6,8-9H2,1H3,(H-,22,23,25,26)/p+1/t15-,16?,19+/m0/s1. The largest absolute Gasteiger partial charge is 0.441 e. The van der Waals surface area contributed by atoms with Gasteiger partial charge in [0.1, 0.15) is 0 Å². The summed E-state index contributed by atoms with van der Waals surface area (Å²) in [6.45, 7) is 4.18. The molecule has 2 N–H and O–H groups in total. The quantitative estimate of drug-likeness (QED) is 0.582. The predicted octanol–water partition coefficient (Wildman–Crippen LogP) is 2.57.